The van der Waals surface area contributed by atoms with Crippen molar-refractivity contribution < 1.29 is 78.9 Å². The van der Waals surface area contributed by atoms with Crippen molar-refractivity contribution in [3.8, 4) is 40.1 Å². The number of aliphatic hydroxyl groups excluding tert-OH is 5. The molecule has 17 heteroatoms. The van der Waals surface area contributed by atoms with Gasteiger partial charge in [-0.3, -0.25) is 9.59 Å². The number of phenolic OH excluding ortho intramolecular Hbond substituents is 4. The van der Waals surface area contributed by atoms with Crippen molar-refractivity contribution in [2.75, 3.05) is 6.61 Å². The number of hydrogen-bond donors (Lipinski definition) is 9. The van der Waals surface area contributed by atoms with Gasteiger partial charge in [0.15, 0.2) is 29.7 Å². The van der Waals surface area contributed by atoms with E-state index in [9.17, 15) is 55.5 Å². The van der Waals surface area contributed by atoms with Crippen LogP contribution in [0.3, 0.4) is 0 Å². The van der Waals surface area contributed by atoms with E-state index in [0.29, 0.717) is 0 Å². The number of fused-ring (bicyclic) bond motifs is 1. The Morgan fingerprint density at radius 1 is 0.826 bits per heavy atom. The number of carbonyl (C=O) groups is 1. The summed E-state index contributed by atoms with van der Waals surface area (Å²) in [6.45, 7) is 1.78. The minimum atomic E-state index is -1.92. The summed E-state index contributed by atoms with van der Waals surface area (Å²) in [7, 11) is 0. The third kappa shape index (κ3) is 6.26. The summed E-state index contributed by atoms with van der Waals surface area (Å²) in [5.41, 5.74) is -1.40. The van der Waals surface area contributed by atoms with Crippen molar-refractivity contribution in [2.24, 2.45) is 0 Å². The SMILES string of the molecule is CC(=O)O[C@H]1[C@H](Oc2c(-c3ccc(O)c(O)c3)oc3cc(O)cc(O)c3c2=O)O[C@@H](CO[C@@H]2O[C@H](C)[C@H](O)[C@@H](O)[C@H]2O)[C@@H](O)[C@@H]1O. The summed E-state index contributed by atoms with van der Waals surface area (Å²) in [4.78, 5) is 25.7. The first kappa shape index (κ1) is 33.2. The minimum Gasteiger partial charge on any atom is -0.508 e. The third-order valence-electron chi connectivity index (χ3n) is 7.57. The van der Waals surface area contributed by atoms with E-state index in [-0.39, 0.29) is 11.1 Å². The highest BCUT2D eigenvalue weighted by atomic mass is 16.7. The predicted molar refractivity (Wildman–Crippen MR) is 150 cm³/mol. The van der Waals surface area contributed by atoms with Crippen molar-refractivity contribution in [1.29, 1.82) is 0 Å². The molecule has 0 amide bonds. The number of carbonyl (C=O) groups excluding carboxylic acids is 1. The molecule has 0 unspecified atom stereocenters. The standard InChI is InChI=1S/C29H32O17/c1-9-19(35)22(38)24(40)28(42-9)41-8-17-20(36)23(39)27(43-10(2)30)29(45-17)46-26-21(37)18-15(34)6-12(31)7-16(18)44-25(26)11-3-4-13(32)14(33)5-11/h3-7,9,17,19-20,22-24,27-29,31-36,38-40H,8H2,1-2H3/t9-,17+,19+,20-,22-,23+,24-,27-,28-,29+/m1/s1. The smallest absolute Gasteiger partial charge is 0.303 e. The van der Waals surface area contributed by atoms with Crippen LogP contribution in [0.15, 0.2) is 39.5 Å². The largest absolute Gasteiger partial charge is 0.508 e. The summed E-state index contributed by atoms with van der Waals surface area (Å²) < 4.78 is 33.4. The van der Waals surface area contributed by atoms with Gasteiger partial charge in [-0.2, -0.15) is 0 Å². The van der Waals surface area contributed by atoms with Crippen LogP contribution in [0.2, 0.25) is 0 Å². The average Bonchev–Trinajstić information content (AvgIpc) is 2.99. The molecule has 3 heterocycles. The Morgan fingerprint density at radius 3 is 2.22 bits per heavy atom. The summed E-state index contributed by atoms with van der Waals surface area (Å²) in [6, 6.07) is 5.20. The maximum atomic E-state index is 13.8. The van der Waals surface area contributed by atoms with Gasteiger partial charge in [0.2, 0.25) is 17.5 Å². The number of aliphatic hydroxyl groups is 5. The molecule has 1 aromatic heterocycles. The third-order valence-corrected chi connectivity index (χ3v) is 7.57. The highest BCUT2D eigenvalue weighted by molar-refractivity contribution is 5.88. The van der Waals surface area contributed by atoms with Crippen molar-refractivity contribution in [3.63, 3.8) is 0 Å². The Hall–Kier alpha value is -4.20. The number of benzene rings is 2. The molecular weight excluding hydrogens is 620 g/mol. The van der Waals surface area contributed by atoms with Crippen LogP contribution in [0.4, 0.5) is 0 Å². The zero-order chi connectivity index (χ0) is 33.6. The van der Waals surface area contributed by atoms with Gasteiger partial charge >= 0.3 is 5.97 Å². The zero-order valence-electron chi connectivity index (χ0n) is 24.2. The molecule has 2 saturated heterocycles. The van der Waals surface area contributed by atoms with E-state index in [4.69, 9.17) is 28.1 Å². The van der Waals surface area contributed by atoms with Crippen molar-refractivity contribution in [2.45, 2.75) is 75.3 Å². The molecule has 46 heavy (non-hydrogen) atoms. The lowest BCUT2D eigenvalue weighted by atomic mass is 9.98. The van der Waals surface area contributed by atoms with E-state index < -0.39 is 119 Å². The first-order valence-electron chi connectivity index (χ1n) is 13.9. The highest BCUT2D eigenvalue weighted by Crippen LogP contribution is 2.39. The fourth-order valence-electron chi connectivity index (χ4n) is 5.14. The second-order valence-electron chi connectivity index (χ2n) is 10.9. The Bertz CT molecular complexity index is 1650. The molecule has 250 valence electrons. The Kier molecular flexibility index (Phi) is 9.30. The van der Waals surface area contributed by atoms with Gasteiger partial charge in [0.05, 0.1) is 12.7 Å². The van der Waals surface area contributed by atoms with Gasteiger partial charge in [-0.15, -0.1) is 0 Å². The van der Waals surface area contributed by atoms with Crippen LogP contribution in [0.25, 0.3) is 22.3 Å². The van der Waals surface area contributed by atoms with Gasteiger partial charge in [0, 0.05) is 24.6 Å². The fraction of sp³-hybridized carbons (Fsp3) is 0.448. The van der Waals surface area contributed by atoms with Crippen LogP contribution in [0.1, 0.15) is 13.8 Å². The number of rotatable bonds is 7. The summed E-state index contributed by atoms with van der Waals surface area (Å²) >= 11 is 0. The number of phenols is 4. The summed E-state index contributed by atoms with van der Waals surface area (Å²) in [5.74, 6) is -4.37. The number of ether oxygens (including phenoxy) is 5. The fourth-order valence-corrected chi connectivity index (χ4v) is 5.14. The average molecular weight is 653 g/mol. The lowest BCUT2D eigenvalue weighted by Crippen LogP contribution is -2.62. The van der Waals surface area contributed by atoms with Crippen LogP contribution in [-0.2, 0) is 23.7 Å². The molecule has 5 rings (SSSR count). The van der Waals surface area contributed by atoms with Crippen LogP contribution in [0, 0.1) is 0 Å². The Balaban J connectivity index is 1.53. The molecular formula is C29H32O17. The topological polar surface area (TPSA) is 275 Å². The second kappa shape index (κ2) is 12.9. The van der Waals surface area contributed by atoms with Gasteiger partial charge in [-0.25, -0.2) is 0 Å². The summed E-state index contributed by atoms with van der Waals surface area (Å²) in [6.07, 6.45) is -16.1. The van der Waals surface area contributed by atoms with E-state index in [1.807, 2.05) is 0 Å². The molecule has 2 aliphatic heterocycles. The molecule has 0 saturated carbocycles. The molecule has 2 fully saturated rings. The van der Waals surface area contributed by atoms with Gasteiger partial charge in [0.1, 0.15) is 59.1 Å². The Labute approximate surface area is 258 Å². The van der Waals surface area contributed by atoms with E-state index >= 15 is 0 Å². The number of aromatic hydroxyl groups is 4. The molecule has 2 aliphatic rings. The quantitative estimate of drug-likeness (QED) is 0.108. The van der Waals surface area contributed by atoms with Gasteiger partial charge < -0.3 is 74.1 Å². The Morgan fingerprint density at radius 2 is 1.54 bits per heavy atom. The number of hydrogen-bond acceptors (Lipinski definition) is 17. The molecule has 9 N–H and O–H groups in total. The van der Waals surface area contributed by atoms with Crippen LogP contribution in [-0.4, -0.2) is 120 Å². The molecule has 10 atom stereocenters. The molecule has 2 aromatic carbocycles. The zero-order valence-corrected chi connectivity index (χ0v) is 24.2. The molecule has 3 aromatic rings. The highest BCUT2D eigenvalue weighted by Gasteiger charge is 2.50. The van der Waals surface area contributed by atoms with Crippen molar-refractivity contribution in [3.05, 3.63) is 40.6 Å². The van der Waals surface area contributed by atoms with Crippen LogP contribution < -0.4 is 10.2 Å². The lowest BCUT2D eigenvalue weighted by molar-refractivity contribution is -0.319. The maximum absolute atomic E-state index is 13.8. The molecule has 17 nitrogen and oxygen atoms in total. The number of esters is 1. The van der Waals surface area contributed by atoms with E-state index in [1.54, 1.807) is 0 Å². The monoisotopic (exact) mass is 652 g/mol. The van der Waals surface area contributed by atoms with Crippen molar-refractivity contribution >= 4 is 16.9 Å². The van der Waals surface area contributed by atoms with Crippen LogP contribution >= 0.6 is 0 Å². The molecule has 0 spiro atoms. The van der Waals surface area contributed by atoms with Gasteiger partial charge in [-0.05, 0) is 25.1 Å². The normalized spacial score (nSPS) is 31.5. The van der Waals surface area contributed by atoms with E-state index in [1.165, 1.54) is 13.0 Å². The van der Waals surface area contributed by atoms with Crippen LogP contribution in [0.5, 0.6) is 28.7 Å². The molecule has 0 aliphatic carbocycles. The first-order chi connectivity index (χ1) is 21.7. The first-order valence-corrected chi connectivity index (χ1v) is 13.9. The van der Waals surface area contributed by atoms with Gasteiger partial charge in [0.25, 0.3) is 0 Å². The van der Waals surface area contributed by atoms with E-state index in [0.717, 1.165) is 31.2 Å². The second-order valence-corrected chi connectivity index (χ2v) is 10.9. The van der Waals surface area contributed by atoms with Gasteiger partial charge in [-0.1, -0.05) is 0 Å². The molecule has 0 radical (unpaired) electrons. The van der Waals surface area contributed by atoms with Crippen molar-refractivity contribution in [1.82, 2.24) is 0 Å². The lowest BCUT2D eigenvalue weighted by Gasteiger charge is -2.43. The summed E-state index contributed by atoms with van der Waals surface area (Å²) in [5, 5.41) is 91.9. The minimum absolute atomic E-state index is 0.0502. The molecule has 0 bridgehead atoms. The predicted octanol–water partition coefficient (Wildman–Crippen LogP) is -1.12. The maximum Gasteiger partial charge on any atom is 0.303 e. The van der Waals surface area contributed by atoms with E-state index in [2.05, 4.69) is 0 Å².